The molecule has 21 nitrogen and oxygen atoms in total. The van der Waals surface area contributed by atoms with Crippen LogP contribution in [-0.2, 0) is 90.9 Å². The van der Waals surface area contributed by atoms with Gasteiger partial charge >= 0.3 is 36.0 Å². The van der Waals surface area contributed by atoms with E-state index < -0.39 is 147 Å². The summed E-state index contributed by atoms with van der Waals surface area (Å²) in [7, 11) is 0. The highest BCUT2D eigenvalue weighted by Crippen LogP contribution is 2.43. The van der Waals surface area contributed by atoms with Crippen LogP contribution >= 0.6 is 0 Å². The first-order chi connectivity index (χ1) is 49.4. The maximum atomic E-state index is 14.7. The Bertz CT molecular complexity index is 4020. The second-order valence-corrected chi connectivity index (χ2v) is 24.8. The number of hydrogen-bond acceptors (Lipinski definition) is 20. The van der Waals surface area contributed by atoms with E-state index in [1.165, 1.54) is 60.7 Å². The fraction of sp³-hybridized carbons (Fsp3) is 0.321. The Morgan fingerprint density at radius 1 is 0.412 bits per heavy atom. The molecule has 0 radical (unpaired) electrons. The molecule has 4 heterocycles. The minimum atomic E-state index is -5.12. The molecule has 15 atom stereocenters. The van der Waals surface area contributed by atoms with Gasteiger partial charge in [-0.25, -0.2) is 19.2 Å². The Kier molecular flexibility index (Phi) is 23.6. The number of halogens is 3. The van der Waals surface area contributed by atoms with E-state index in [0.717, 1.165) is 16.7 Å². The van der Waals surface area contributed by atoms with E-state index in [4.69, 9.17) is 71.1 Å². The molecule has 15 unspecified atom stereocenters. The maximum Gasteiger partial charge on any atom is 0.471 e. The van der Waals surface area contributed by atoms with Gasteiger partial charge in [-0.2, -0.15) is 13.2 Å². The van der Waals surface area contributed by atoms with E-state index >= 15 is 0 Å². The summed E-state index contributed by atoms with van der Waals surface area (Å²) in [6, 6.07) is 65.3. The number of ether oxygens (including phenoxy) is 15. The number of rotatable bonds is 26. The standard InChI is InChI=1S/C78H74F3NO20/c1-48-60(65-68(102-77(2,3)101-65)75(93-48)94-57-41-39-56(40-42-57)82-76(87)78(79,80)81)100-74-66(90-45-51-29-15-6-16-30-51)63(89-44-50-27-13-5-14-28-50)61(88-43-49-25-11-4-12-26-49)58(96-74)47-92-73-67(99-72(86)55-37-23-10-24-38-55)64(98-71(85)54-35-21-9-22-36-54)62(97-70(84)53-33-19-8-20-34-53)59(95-73)46-91-69(83)52-31-17-7-18-32-52/h4-42,48,58-68,73-75H,43-47H2,1-3H3,(H,82,87). The van der Waals surface area contributed by atoms with E-state index in [0.29, 0.717) is 0 Å². The van der Waals surface area contributed by atoms with Gasteiger partial charge in [0.2, 0.25) is 6.29 Å². The van der Waals surface area contributed by atoms with Crippen LogP contribution in [0.15, 0.2) is 237 Å². The maximum absolute atomic E-state index is 14.7. The normalized spacial score (nSPS) is 25.9. The number of fused-ring (bicyclic) bond motifs is 1. The van der Waals surface area contributed by atoms with Crippen LogP contribution in [0.4, 0.5) is 18.9 Å². The van der Waals surface area contributed by atoms with E-state index in [1.54, 1.807) is 106 Å². The van der Waals surface area contributed by atoms with Crippen molar-refractivity contribution in [1.82, 2.24) is 0 Å². The summed E-state index contributed by atoms with van der Waals surface area (Å²) >= 11 is 0. The number of carbonyl (C=O) groups is 5. The molecule has 1 N–H and O–H groups in total. The lowest BCUT2D eigenvalue weighted by Crippen LogP contribution is -2.66. The number of hydrogen-bond donors (Lipinski definition) is 1. The van der Waals surface area contributed by atoms with Gasteiger partial charge in [0.05, 0.1) is 54.8 Å². The van der Waals surface area contributed by atoms with Crippen molar-refractivity contribution in [2.45, 2.75) is 145 Å². The van der Waals surface area contributed by atoms with E-state index in [1.807, 2.05) is 96.3 Å². The molecule has 0 bridgehead atoms. The van der Waals surface area contributed by atoms with E-state index in [2.05, 4.69) is 0 Å². The monoisotopic (exact) mass is 1400 g/mol. The molecule has 12 rings (SSSR count). The van der Waals surface area contributed by atoms with Crippen molar-refractivity contribution in [3.05, 3.63) is 276 Å². The number of anilines is 1. The predicted molar refractivity (Wildman–Crippen MR) is 357 cm³/mol. The van der Waals surface area contributed by atoms with Crippen LogP contribution in [-0.4, -0.2) is 147 Å². The first-order valence-electron chi connectivity index (χ1n) is 33.1. The first kappa shape index (κ1) is 72.1. The second-order valence-electron chi connectivity index (χ2n) is 24.8. The van der Waals surface area contributed by atoms with Crippen LogP contribution in [0.5, 0.6) is 5.75 Å². The molecule has 4 fully saturated rings. The van der Waals surface area contributed by atoms with Gasteiger partial charge in [-0.1, -0.05) is 164 Å². The van der Waals surface area contributed by atoms with Gasteiger partial charge in [0.1, 0.15) is 55.1 Å². The first-order valence-corrected chi connectivity index (χ1v) is 33.1. The van der Waals surface area contributed by atoms with Crippen molar-refractivity contribution in [3.8, 4) is 5.75 Å². The predicted octanol–water partition coefficient (Wildman–Crippen LogP) is 12.0. The molecular weight excluding hydrogens is 1330 g/mol. The molecule has 0 spiro atoms. The minimum Gasteiger partial charge on any atom is -0.462 e. The summed E-state index contributed by atoms with van der Waals surface area (Å²) in [5, 5.41) is 1.82. The van der Waals surface area contributed by atoms with Crippen molar-refractivity contribution in [2.24, 2.45) is 0 Å². The average Bonchev–Trinajstić information content (AvgIpc) is 1.44. The Balaban J connectivity index is 0.934. The van der Waals surface area contributed by atoms with Gasteiger partial charge < -0.3 is 76.4 Å². The largest absolute Gasteiger partial charge is 0.471 e. The summed E-state index contributed by atoms with van der Waals surface area (Å²) in [5.74, 6) is -6.83. The Morgan fingerprint density at radius 2 is 0.824 bits per heavy atom. The summed E-state index contributed by atoms with van der Waals surface area (Å²) in [4.78, 5) is 69.5. The zero-order chi connectivity index (χ0) is 71.2. The lowest BCUT2D eigenvalue weighted by atomic mass is 9.96. The summed E-state index contributed by atoms with van der Waals surface area (Å²) in [5.41, 5.74) is 2.57. The number of nitrogens with one attached hydrogen (secondary N) is 1. The van der Waals surface area contributed by atoms with E-state index in [-0.39, 0.29) is 53.5 Å². The number of benzene rings is 8. The van der Waals surface area contributed by atoms with Crippen LogP contribution in [0, 0.1) is 0 Å². The van der Waals surface area contributed by atoms with Gasteiger partial charge in [-0.15, -0.1) is 0 Å². The molecule has 0 aliphatic carbocycles. The van der Waals surface area contributed by atoms with Crippen molar-refractivity contribution in [2.75, 3.05) is 18.5 Å². The summed E-state index contributed by atoms with van der Waals surface area (Å²) in [6.07, 6.45) is -25.3. The fourth-order valence-electron chi connectivity index (χ4n) is 12.1. The highest BCUT2D eigenvalue weighted by molar-refractivity contribution is 5.95. The van der Waals surface area contributed by atoms with Gasteiger partial charge in [0, 0.05) is 5.69 Å². The van der Waals surface area contributed by atoms with Crippen molar-refractivity contribution in [1.29, 1.82) is 0 Å². The van der Waals surface area contributed by atoms with Gasteiger partial charge in [-0.3, -0.25) is 4.79 Å². The van der Waals surface area contributed by atoms with Gasteiger partial charge in [0.25, 0.3) is 0 Å². The van der Waals surface area contributed by atoms with Crippen LogP contribution in [0.2, 0.25) is 0 Å². The van der Waals surface area contributed by atoms with E-state index in [9.17, 15) is 37.1 Å². The molecule has 0 aromatic heterocycles. The third-order valence-electron chi connectivity index (χ3n) is 17.1. The molecule has 102 heavy (non-hydrogen) atoms. The average molecular weight is 1400 g/mol. The summed E-state index contributed by atoms with van der Waals surface area (Å²) < 4.78 is 140. The third-order valence-corrected chi connectivity index (χ3v) is 17.1. The summed E-state index contributed by atoms with van der Waals surface area (Å²) in [6.45, 7) is 3.89. The quantitative estimate of drug-likeness (QED) is 0.0392. The van der Waals surface area contributed by atoms with Crippen LogP contribution < -0.4 is 10.1 Å². The van der Waals surface area contributed by atoms with Gasteiger partial charge in [-0.05, 0) is 110 Å². The van der Waals surface area contributed by atoms with Gasteiger partial charge in [0.15, 0.2) is 42.8 Å². The van der Waals surface area contributed by atoms with Crippen molar-refractivity contribution >= 4 is 35.5 Å². The third kappa shape index (κ3) is 18.5. The second kappa shape index (κ2) is 33.4. The zero-order valence-corrected chi connectivity index (χ0v) is 55.5. The number of esters is 4. The number of amides is 1. The van der Waals surface area contributed by atoms with Crippen molar-refractivity contribution in [3.63, 3.8) is 0 Å². The Hall–Kier alpha value is -9.70. The molecule has 24 heteroatoms. The molecule has 4 saturated heterocycles. The Labute approximate surface area is 585 Å². The molecule has 0 saturated carbocycles. The van der Waals surface area contributed by atoms with Crippen LogP contribution in [0.3, 0.4) is 0 Å². The molecule has 532 valence electrons. The fourth-order valence-corrected chi connectivity index (χ4v) is 12.1. The number of alkyl halides is 3. The highest BCUT2D eigenvalue weighted by Gasteiger charge is 2.60. The molecule has 8 aromatic carbocycles. The topological polar surface area (TPSA) is 236 Å². The highest BCUT2D eigenvalue weighted by atomic mass is 19.4. The zero-order valence-electron chi connectivity index (χ0n) is 55.5. The Morgan fingerprint density at radius 3 is 1.31 bits per heavy atom. The molecule has 8 aromatic rings. The minimum absolute atomic E-state index is 0.000141. The SMILES string of the molecule is CC1OC(Oc2ccc(NC(=O)C(F)(F)F)cc2)C2OC(C)(C)OC2C1OC1OC(COC2OC(COC(=O)c3ccccc3)C(OC(=O)c3ccccc3)C(OC(=O)c3ccccc3)C2OC(=O)c2ccccc2)C(OCc2ccccc2)C(OCc2ccccc2)C1OCc1ccccc1. The van der Waals surface area contributed by atoms with Crippen LogP contribution in [0.1, 0.15) is 78.9 Å². The molecule has 1 amide bonds. The lowest BCUT2D eigenvalue weighted by Gasteiger charge is -2.49. The molecular formula is C78H74F3NO20. The molecule has 4 aliphatic rings. The molecule has 4 aliphatic heterocycles. The van der Waals surface area contributed by atoms with Crippen molar-refractivity contribution < 1.29 is 108 Å². The lowest BCUT2D eigenvalue weighted by molar-refractivity contribution is -0.364. The van der Waals surface area contributed by atoms with Crippen LogP contribution in [0.25, 0.3) is 0 Å². The number of carbonyl (C=O) groups excluding carboxylic acids is 5. The smallest absolute Gasteiger partial charge is 0.462 e.